The molecule has 2 spiro atoms. The van der Waals surface area contributed by atoms with Crippen molar-refractivity contribution in [3.63, 3.8) is 0 Å². The van der Waals surface area contributed by atoms with Crippen molar-refractivity contribution in [3.8, 4) is 170 Å². The summed E-state index contributed by atoms with van der Waals surface area (Å²) in [6.07, 6.45) is 0. The van der Waals surface area contributed by atoms with Gasteiger partial charge in [-0.25, -0.2) is 19.9 Å². The van der Waals surface area contributed by atoms with E-state index >= 15 is 0 Å². The van der Waals surface area contributed by atoms with Gasteiger partial charge in [-0.15, -0.1) is 0 Å². The van der Waals surface area contributed by atoms with E-state index in [1.807, 2.05) is 103 Å². The Hall–Kier alpha value is -15.0. The molecule has 0 saturated heterocycles. The summed E-state index contributed by atoms with van der Waals surface area (Å²) < 4.78 is 14.8. The van der Waals surface area contributed by atoms with Crippen LogP contribution in [0.2, 0.25) is 0 Å². The first-order valence-electron chi connectivity index (χ1n) is 36.9. The normalized spacial score (nSPS) is 13.9. The van der Waals surface area contributed by atoms with E-state index in [0.29, 0.717) is 34.3 Å². The highest BCUT2D eigenvalue weighted by atomic mass is 16.5. The summed E-state index contributed by atoms with van der Waals surface area (Å²) >= 11 is 0. The maximum atomic E-state index is 11.1. The minimum absolute atomic E-state index is 0.449. The van der Waals surface area contributed by atoms with Gasteiger partial charge in [-0.2, -0.15) is 10.5 Å². The van der Waals surface area contributed by atoms with E-state index in [9.17, 15) is 10.5 Å². The van der Waals surface area contributed by atoms with E-state index in [1.54, 1.807) is 0 Å². The second-order valence-corrected chi connectivity index (χ2v) is 28.3. The lowest BCUT2D eigenvalue weighted by molar-refractivity contribution is 0.436. The zero-order valence-electron chi connectivity index (χ0n) is 59.1. The van der Waals surface area contributed by atoms with E-state index in [1.165, 1.54) is 22.3 Å². The molecule has 0 N–H and O–H groups in total. The lowest BCUT2D eigenvalue weighted by Crippen LogP contribution is -2.32. The second-order valence-electron chi connectivity index (χ2n) is 28.3. The zero-order chi connectivity index (χ0) is 73.0. The maximum absolute atomic E-state index is 11.1. The summed E-state index contributed by atoms with van der Waals surface area (Å²) in [4.78, 5) is 21.2. The number of benzene rings is 15. The highest BCUT2D eigenvalue weighted by Crippen LogP contribution is 2.67. The average molecular weight is 1400 g/mol. The van der Waals surface area contributed by atoms with Gasteiger partial charge in [0.2, 0.25) is 0 Å². The molecule has 15 aromatic carbocycles. The van der Waals surface area contributed by atoms with Gasteiger partial charge in [0.05, 0.1) is 50.8 Å². The predicted octanol–water partition coefficient (Wildman–Crippen LogP) is 24.6. The molecular weight excluding hydrogens is 1340 g/mol. The van der Waals surface area contributed by atoms with Crippen molar-refractivity contribution in [3.05, 3.63) is 420 Å². The third kappa shape index (κ3) is 9.70. The van der Waals surface area contributed by atoms with E-state index in [2.05, 4.69) is 273 Å². The van der Waals surface area contributed by atoms with Crippen LogP contribution >= 0.6 is 0 Å². The van der Waals surface area contributed by atoms with Gasteiger partial charge in [0.15, 0.2) is 11.6 Å². The van der Waals surface area contributed by atoms with Crippen LogP contribution in [0.5, 0.6) is 23.0 Å². The number of ether oxygens (including phenoxy) is 2. The quantitative estimate of drug-likeness (QED) is 0.133. The molecule has 0 amide bonds. The Balaban J connectivity index is 0.679. The summed E-state index contributed by atoms with van der Waals surface area (Å²) in [6, 6.07) is 132. The lowest BCUT2D eigenvalue weighted by atomic mass is 9.65. The van der Waals surface area contributed by atoms with Crippen molar-refractivity contribution in [1.29, 1.82) is 10.5 Å². The first kappa shape index (κ1) is 63.5. The van der Waals surface area contributed by atoms with Crippen molar-refractivity contribution >= 4 is 0 Å². The fourth-order valence-electron chi connectivity index (χ4n) is 17.8. The Morgan fingerprint density at radius 3 is 1.07 bits per heavy atom. The number of hydrogen-bond acceptors (Lipinski definition) is 8. The van der Waals surface area contributed by atoms with Crippen LogP contribution in [-0.2, 0) is 10.8 Å². The molecular formula is C102H60N6O2. The van der Waals surface area contributed by atoms with Gasteiger partial charge in [0, 0.05) is 77.9 Å². The van der Waals surface area contributed by atoms with Crippen molar-refractivity contribution in [1.82, 2.24) is 19.9 Å². The van der Waals surface area contributed by atoms with Gasteiger partial charge >= 0.3 is 0 Å². The van der Waals surface area contributed by atoms with Crippen molar-refractivity contribution in [2.45, 2.75) is 10.8 Å². The van der Waals surface area contributed by atoms with Crippen LogP contribution in [-0.4, -0.2) is 19.9 Å². The first-order valence-corrected chi connectivity index (χ1v) is 36.9. The fourth-order valence-corrected chi connectivity index (χ4v) is 17.8. The minimum atomic E-state index is -0.920. The molecule has 1 unspecified atom stereocenters. The molecule has 110 heavy (non-hydrogen) atoms. The number of hydrogen-bond donors (Lipinski definition) is 0. The summed E-state index contributed by atoms with van der Waals surface area (Å²) in [5, 5.41) is 21.6. The summed E-state index contributed by atoms with van der Waals surface area (Å²) in [5.74, 6) is 3.91. The fraction of sp³-hybridized carbons (Fsp3) is 0.0196. The maximum Gasteiger partial charge on any atom is 0.160 e. The molecule has 0 saturated carbocycles. The molecule has 4 heterocycles. The molecule has 2 aromatic heterocycles. The number of para-hydroxylation sites is 4. The molecule has 8 heteroatoms. The highest BCUT2D eigenvalue weighted by molar-refractivity contribution is 5.99. The van der Waals surface area contributed by atoms with Crippen LogP contribution < -0.4 is 9.47 Å². The number of aromatic nitrogens is 4. The second kappa shape index (κ2) is 25.4. The number of nitriles is 2. The third-order valence-corrected chi connectivity index (χ3v) is 22.6. The molecule has 2 aliphatic carbocycles. The van der Waals surface area contributed by atoms with Gasteiger partial charge in [0.25, 0.3) is 0 Å². The Bertz CT molecular complexity index is 6650. The van der Waals surface area contributed by atoms with Gasteiger partial charge < -0.3 is 9.47 Å². The minimum Gasteiger partial charge on any atom is -0.455 e. The Kier molecular flexibility index (Phi) is 14.7. The van der Waals surface area contributed by atoms with Gasteiger partial charge in [-0.3, -0.25) is 0 Å². The van der Waals surface area contributed by atoms with Crippen LogP contribution in [0.15, 0.2) is 364 Å². The van der Waals surface area contributed by atoms with Crippen LogP contribution in [0.4, 0.5) is 0 Å². The summed E-state index contributed by atoms with van der Waals surface area (Å²) in [5.41, 5.74) is 28.6. The summed E-state index contributed by atoms with van der Waals surface area (Å²) in [6.45, 7) is 0. The molecule has 2 aliphatic heterocycles. The smallest absolute Gasteiger partial charge is 0.160 e. The van der Waals surface area contributed by atoms with Gasteiger partial charge in [-0.1, -0.05) is 328 Å². The monoisotopic (exact) mass is 1400 g/mol. The lowest BCUT2D eigenvalue weighted by Gasteiger charge is -2.40. The molecule has 1 atom stereocenters. The van der Waals surface area contributed by atoms with Gasteiger partial charge in [0.1, 0.15) is 29.1 Å². The van der Waals surface area contributed by atoms with E-state index in [4.69, 9.17) is 29.4 Å². The van der Waals surface area contributed by atoms with E-state index in [-0.39, 0.29) is 0 Å². The largest absolute Gasteiger partial charge is 0.455 e. The van der Waals surface area contributed by atoms with Crippen molar-refractivity contribution in [2.24, 2.45) is 0 Å². The molecule has 8 nitrogen and oxygen atoms in total. The number of nitrogens with zero attached hydrogens (tertiary/aromatic N) is 6. The molecule has 0 bridgehead atoms. The Morgan fingerprint density at radius 1 is 0.209 bits per heavy atom. The summed E-state index contributed by atoms with van der Waals surface area (Å²) in [7, 11) is 0. The van der Waals surface area contributed by atoms with Crippen LogP contribution in [0.3, 0.4) is 0 Å². The van der Waals surface area contributed by atoms with Crippen LogP contribution in [0.1, 0.15) is 55.6 Å². The Labute approximate surface area is 636 Å². The van der Waals surface area contributed by atoms with E-state index < -0.39 is 10.8 Å². The average Bonchev–Trinajstić information content (AvgIpc) is 1.44. The van der Waals surface area contributed by atoms with Crippen LogP contribution in [0.25, 0.3) is 135 Å². The zero-order valence-corrected chi connectivity index (χ0v) is 59.1. The van der Waals surface area contributed by atoms with Gasteiger partial charge in [-0.05, 0) is 103 Å². The standard InChI is InChI=1S/C102H60N6O2/c103-61-72-31-10-11-37-74(72)80-44-24-52-89-98(80)110-96-76(42-22-50-87(96)101(89)82-45-15-12-38-78(82)79-39-13-16-46-83(79)101)63-53-55-67(56-54-63)100-106-91(65-27-6-2-7-28-65)60-92(108-100)70-34-18-32-68(57-70)75-41-21-48-85-94(75)81-40-14-17-47-84(81)102(85)86-49-20-36-73(62-104)95(86)109-97-77(43-23-51-88(97)102)69-33-19-35-71(58-69)93-59-90(64-25-4-1-5-26-64)105-99(107-93)66-29-8-3-9-30-66/h1-60H. The molecule has 0 fully saturated rings. The molecule has 4 aliphatic rings. The van der Waals surface area contributed by atoms with Crippen molar-refractivity contribution < 1.29 is 9.47 Å². The highest BCUT2D eigenvalue weighted by Gasteiger charge is 2.54. The topological polar surface area (TPSA) is 118 Å². The van der Waals surface area contributed by atoms with E-state index in [0.717, 1.165) is 157 Å². The Morgan fingerprint density at radius 2 is 0.527 bits per heavy atom. The third-order valence-electron chi connectivity index (χ3n) is 22.6. The van der Waals surface area contributed by atoms with Crippen LogP contribution in [0, 0.1) is 22.7 Å². The molecule has 17 aromatic rings. The molecule has 510 valence electrons. The number of rotatable bonds is 10. The predicted molar refractivity (Wildman–Crippen MR) is 436 cm³/mol. The first-order chi connectivity index (χ1) is 54.4. The number of fused-ring (bicyclic) bond motifs is 18. The molecule has 0 radical (unpaired) electrons. The molecule has 21 rings (SSSR count). The SMILES string of the molecule is N#Cc1ccccc1-c1cccc2c1Oc1c(-c3ccc(-c4nc(-c5ccccc5)cc(-c5cccc(-c6cccc7c6-c6ccccc6C76c7cccc(C#N)c7Oc7c(-c8cccc(-c9cc(-c%10ccccc%10)nc(-c%10ccccc%10)n9)c8)cccc76)c5)n4)cc3)cccc1C21c2ccccc2-c2ccccc21. The van der Waals surface area contributed by atoms with Crippen molar-refractivity contribution in [2.75, 3.05) is 0 Å².